The summed E-state index contributed by atoms with van der Waals surface area (Å²) >= 11 is 0. The van der Waals surface area contributed by atoms with Gasteiger partial charge in [0.15, 0.2) is 28.9 Å². The first kappa shape index (κ1) is 20.8. The monoisotopic (exact) mass is 444 g/mol. The number of ketones is 2. The molecule has 2 aromatic carbocycles. The average Bonchev–Trinajstić information content (AvgIpc) is 3.21. The van der Waals surface area contributed by atoms with Crippen molar-refractivity contribution in [3.05, 3.63) is 81.8 Å². The zero-order valence-electron chi connectivity index (χ0n) is 18.7. The number of carbonyl (C=O) groups excluding carboxylic acids is 2. The van der Waals surface area contributed by atoms with Gasteiger partial charge in [0.25, 0.3) is 5.69 Å². The predicted molar refractivity (Wildman–Crippen MR) is 122 cm³/mol. The summed E-state index contributed by atoms with van der Waals surface area (Å²) in [5.74, 6) is -0.848. The SMILES string of the molecule is CN1/C(=C\C2C(=O)C(=CC3=[N+](C)c4ccccc4C3(C)C)C2=O)Oc2cc([N+](=O)[O-])ccc21. The molecule has 0 bridgehead atoms. The summed E-state index contributed by atoms with van der Waals surface area (Å²) < 4.78 is 7.74. The number of nitro benzene ring substituents is 1. The van der Waals surface area contributed by atoms with Crippen molar-refractivity contribution in [2.24, 2.45) is 5.92 Å². The predicted octanol–water partition coefficient (Wildman–Crippen LogP) is 3.67. The lowest BCUT2D eigenvalue weighted by Crippen LogP contribution is -2.42. The van der Waals surface area contributed by atoms with E-state index in [0.717, 1.165) is 17.0 Å². The second-order valence-electron chi connectivity index (χ2n) is 8.93. The highest BCUT2D eigenvalue weighted by molar-refractivity contribution is 6.41. The Hall–Kier alpha value is -4.07. The van der Waals surface area contributed by atoms with Gasteiger partial charge in [-0.2, -0.15) is 4.58 Å². The third-order valence-corrected chi connectivity index (χ3v) is 6.69. The minimum absolute atomic E-state index is 0.0919. The Labute approximate surface area is 190 Å². The quantitative estimate of drug-likeness (QED) is 0.179. The minimum Gasteiger partial charge on any atom is -0.439 e. The van der Waals surface area contributed by atoms with Gasteiger partial charge in [-0.05, 0) is 26.0 Å². The molecule has 0 N–H and O–H groups in total. The number of benzene rings is 2. The van der Waals surface area contributed by atoms with Gasteiger partial charge in [-0.25, -0.2) is 0 Å². The normalized spacial score (nSPS) is 21.7. The van der Waals surface area contributed by atoms with Crippen LogP contribution in [0.5, 0.6) is 5.75 Å². The van der Waals surface area contributed by atoms with Gasteiger partial charge < -0.3 is 9.64 Å². The number of para-hydroxylation sites is 1. The Bertz CT molecular complexity index is 1350. The molecule has 0 radical (unpaired) electrons. The van der Waals surface area contributed by atoms with E-state index in [1.165, 1.54) is 18.2 Å². The smallest absolute Gasteiger partial charge is 0.273 e. The van der Waals surface area contributed by atoms with Crippen LogP contribution in [0.1, 0.15) is 19.4 Å². The molecule has 0 atom stereocenters. The van der Waals surface area contributed by atoms with Crippen molar-refractivity contribution in [1.82, 2.24) is 0 Å². The lowest BCUT2D eigenvalue weighted by Gasteiger charge is -2.25. The molecule has 0 aromatic heterocycles. The molecule has 2 aromatic rings. The molecule has 2 heterocycles. The molecule has 8 heteroatoms. The van der Waals surface area contributed by atoms with Crippen molar-refractivity contribution in [3.8, 4) is 5.75 Å². The van der Waals surface area contributed by atoms with Crippen molar-refractivity contribution in [2.75, 3.05) is 19.0 Å². The van der Waals surface area contributed by atoms with Crippen LogP contribution in [0.3, 0.4) is 0 Å². The Morgan fingerprint density at radius 3 is 2.52 bits per heavy atom. The van der Waals surface area contributed by atoms with E-state index >= 15 is 0 Å². The van der Waals surface area contributed by atoms with Gasteiger partial charge in [0.1, 0.15) is 13.0 Å². The Morgan fingerprint density at radius 1 is 1.15 bits per heavy atom. The fraction of sp³-hybridized carbons (Fsp3) is 0.240. The molecule has 3 aliphatic rings. The molecular formula is C25H22N3O5+. The molecule has 2 aliphatic heterocycles. The van der Waals surface area contributed by atoms with Crippen molar-refractivity contribution >= 4 is 34.3 Å². The summed E-state index contributed by atoms with van der Waals surface area (Å²) in [4.78, 5) is 38.1. The summed E-state index contributed by atoms with van der Waals surface area (Å²) in [5.41, 5.74) is 3.46. The highest BCUT2D eigenvalue weighted by Gasteiger charge is 2.48. The third-order valence-electron chi connectivity index (χ3n) is 6.69. The van der Waals surface area contributed by atoms with Crippen molar-refractivity contribution in [1.29, 1.82) is 0 Å². The summed E-state index contributed by atoms with van der Waals surface area (Å²) in [5, 5.41) is 11.0. The van der Waals surface area contributed by atoms with Gasteiger partial charge in [0.05, 0.1) is 27.7 Å². The van der Waals surface area contributed by atoms with Crippen LogP contribution in [0.25, 0.3) is 0 Å². The van der Waals surface area contributed by atoms with Gasteiger partial charge in [0.2, 0.25) is 5.69 Å². The first-order valence-electron chi connectivity index (χ1n) is 10.5. The van der Waals surface area contributed by atoms with Gasteiger partial charge in [-0.15, -0.1) is 0 Å². The lowest BCUT2D eigenvalue weighted by molar-refractivity contribution is -0.401. The maximum absolute atomic E-state index is 12.9. The van der Waals surface area contributed by atoms with E-state index < -0.39 is 10.8 Å². The van der Waals surface area contributed by atoms with Crippen LogP contribution in [0.2, 0.25) is 0 Å². The number of Topliss-reactive ketones (excluding diaryl/α,β-unsaturated/α-hetero) is 2. The van der Waals surface area contributed by atoms with E-state index in [9.17, 15) is 19.7 Å². The topological polar surface area (TPSA) is 92.8 Å². The second kappa shape index (κ2) is 6.96. The molecule has 0 unspecified atom stereocenters. The maximum Gasteiger partial charge on any atom is 0.273 e. The van der Waals surface area contributed by atoms with Gasteiger partial charge in [-0.1, -0.05) is 18.2 Å². The first-order valence-corrected chi connectivity index (χ1v) is 10.5. The summed E-state index contributed by atoms with van der Waals surface area (Å²) in [6.45, 7) is 4.15. The minimum atomic E-state index is -0.934. The molecule has 1 fully saturated rings. The van der Waals surface area contributed by atoms with Crippen LogP contribution < -0.4 is 9.64 Å². The Kier molecular flexibility index (Phi) is 4.39. The zero-order chi connectivity index (χ0) is 23.7. The second-order valence-corrected chi connectivity index (χ2v) is 8.93. The fourth-order valence-electron chi connectivity index (χ4n) is 4.75. The number of hydrogen-bond donors (Lipinski definition) is 0. The van der Waals surface area contributed by atoms with Crippen molar-refractivity contribution in [2.45, 2.75) is 19.3 Å². The van der Waals surface area contributed by atoms with Gasteiger partial charge >= 0.3 is 0 Å². The number of allylic oxidation sites excluding steroid dienone is 3. The molecule has 5 rings (SSSR count). The van der Waals surface area contributed by atoms with E-state index in [4.69, 9.17) is 4.74 Å². The van der Waals surface area contributed by atoms with Crippen LogP contribution in [0.15, 0.2) is 66.1 Å². The summed E-state index contributed by atoms with van der Waals surface area (Å²) in [7, 11) is 3.65. The van der Waals surface area contributed by atoms with Crippen LogP contribution in [0, 0.1) is 16.0 Å². The van der Waals surface area contributed by atoms with Crippen LogP contribution in [-0.2, 0) is 15.0 Å². The number of nitrogens with zero attached hydrogens (tertiary/aromatic N) is 3. The van der Waals surface area contributed by atoms with Crippen molar-refractivity contribution in [3.63, 3.8) is 0 Å². The molecule has 0 saturated heterocycles. The lowest BCUT2D eigenvalue weighted by atomic mass is 9.73. The zero-order valence-corrected chi connectivity index (χ0v) is 18.7. The molecule has 8 nitrogen and oxygen atoms in total. The number of ether oxygens (including phenoxy) is 1. The van der Waals surface area contributed by atoms with Crippen molar-refractivity contribution < 1.29 is 23.8 Å². The standard InChI is InChI=1S/C25H22N3O5/c1-25(2)17-7-5-6-8-18(17)26(3)21(25)12-15-23(29)16(24(15)30)13-22-27(4)19-10-9-14(28(31)32)11-20(19)33-22/h5-13,16H,1-4H3/q+1/b15-12?,22-13+. The third kappa shape index (κ3) is 2.94. The molecule has 166 valence electrons. The molecule has 0 spiro atoms. The summed E-state index contributed by atoms with van der Waals surface area (Å²) in [6, 6.07) is 12.3. The van der Waals surface area contributed by atoms with E-state index in [-0.39, 0.29) is 28.2 Å². The number of non-ortho nitro benzene ring substituents is 1. The van der Waals surface area contributed by atoms with Gasteiger partial charge in [0, 0.05) is 30.8 Å². The Balaban J connectivity index is 1.42. The molecule has 1 aliphatic carbocycles. The number of rotatable bonds is 3. The van der Waals surface area contributed by atoms with E-state index in [1.807, 2.05) is 29.8 Å². The molecule has 1 saturated carbocycles. The number of fused-ring (bicyclic) bond motifs is 2. The summed E-state index contributed by atoms with van der Waals surface area (Å²) in [6.07, 6.45) is 3.19. The fourth-order valence-corrected chi connectivity index (χ4v) is 4.75. The molecular weight excluding hydrogens is 422 g/mol. The number of nitro groups is 1. The molecule has 0 amide bonds. The number of hydrogen-bond acceptors (Lipinski definition) is 6. The first-order chi connectivity index (χ1) is 15.6. The van der Waals surface area contributed by atoms with E-state index in [2.05, 4.69) is 19.9 Å². The largest absolute Gasteiger partial charge is 0.439 e. The van der Waals surface area contributed by atoms with E-state index in [1.54, 1.807) is 24.1 Å². The van der Waals surface area contributed by atoms with Gasteiger partial charge in [-0.3, -0.25) is 19.7 Å². The number of anilines is 1. The van der Waals surface area contributed by atoms with Crippen LogP contribution >= 0.6 is 0 Å². The maximum atomic E-state index is 12.9. The molecule has 33 heavy (non-hydrogen) atoms. The number of carbonyl (C=O) groups is 2. The highest BCUT2D eigenvalue weighted by Crippen LogP contribution is 2.43. The average molecular weight is 444 g/mol. The Morgan fingerprint density at radius 2 is 1.85 bits per heavy atom. The van der Waals surface area contributed by atoms with Crippen LogP contribution in [0.4, 0.5) is 17.1 Å². The van der Waals surface area contributed by atoms with E-state index in [0.29, 0.717) is 17.3 Å². The highest BCUT2D eigenvalue weighted by atomic mass is 16.6. The van der Waals surface area contributed by atoms with Crippen LogP contribution in [-0.4, -0.2) is 40.9 Å².